The van der Waals surface area contributed by atoms with Gasteiger partial charge in [0.1, 0.15) is 5.69 Å². The Morgan fingerprint density at radius 3 is 2.33 bits per heavy atom. The van der Waals surface area contributed by atoms with Crippen molar-refractivity contribution in [2.24, 2.45) is 11.3 Å². The van der Waals surface area contributed by atoms with Crippen molar-refractivity contribution in [3.63, 3.8) is 0 Å². The van der Waals surface area contributed by atoms with Crippen LogP contribution in [-0.2, 0) is 9.53 Å². The molecule has 0 radical (unpaired) electrons. The van der Waals surface area contributed by atoms with Gasteiger partial charge in [0.15, 0.2) is 0 Å². The van der Waals surface area contributed by atoms with Gasteiger partial charge in [-0.25, -0.2) is 4.79 Å². The van der Waals surface area contributed by atoms with Crippen LogP contribution in [0.4, 0.5) is 0 Å². The van der Waals surface area contributed by atoms with Gasteiger partial charge in [-0.1, -0.05) is 13.8 Å². The molecular weight excluding hydrogens is 384 g/mol. The van der Waals surface area contributed by atoms with Gasteiger partial charge in [0.2, 0.25) is 5.91 Å². The van der Waals surface area contributed by atoms with Crippen LogP contribution in [0.2, 0.25) is 0 Å². The Kier molecular flexibility index (Phi) is 7.69. The summed E-state index contributed by atoms with van der Waals surface area (Å²) in [5, 5.41) is 3.09. The van der Waals surface area contributed by atoms with Crippen molar-refractivity contribution in [2.45, 2.75) is 40.5 Å². The number of ether oxygens (including phenoxy) is 1. The van der Waals surface area contributed by atoms with Crippen molar-refractivity contribution in [3.05, 3.63) is 22.5 Å². The molecule has 0 aromatic carbocycles. The molecule has 0 unspecified atom stereocenters. The molecule has 8 heteroatoms. The quantitative estimate of drug-likeness (QED) is 0.658. The number of likely N-dealkylation sites (tertiary alicyclic amines) is 1. The van der Waals surface area contributed by atoms with Crippen LogP contribution in [0.25, 0.3) is 0 Å². The Balaban J connectivity index is 1.93. The zero-order valence-corrected chi connectivity index (χ0v) is 19.3. The average molecular weight is 421 g/mol. The summed E-state index contributed by atoms with van der Waals surface area (Å²) in [6.45, 7) is 10.3. The Hall–Kier alpha value is -2.35. The van der Waals surface area contributed by atoms with Crippen LogP contribution in [0.3, 0.4) is 0 Å². The van der Waals surface area contributed by atoms with E-state index in [9.17, 15) is 14.4 Å². The lowest BCUT2D eigenvalue weighted by atomic mass is 9.91. The summed E-state index contributed by atoms with van der Waals surface area (Å²) < 4.78 is 4.81. The summed E-state index contributed by atoms with van der Waals surface area (Å²) >= 11 is 0. The number of hydrogen-bond donors (Lipinski definition) is 2. The SMILES string of the molecule is COC(=O)c1c(C)[nH]c(C(=O)N2CCC(C(=O)NCC(C)(C)CN(C)C)CC2)c1C. The summed E-state index contributed by atoms with van der Waals surface area (Å²) in [6.07, 6.45) is 1.27. The molecule has 2 rings (SSSR count). The highest BCUT2D eigenvalue weighted by atomic mass is 16.5. The van der Waals surface area contributed by atoms with E-state index in [-0.39, 0.29) is 23.1 Å². The van der Waals surface area contributed by atoms with Gasteiger partial charge in [-0.3, -0.25) is 9.59 Å². The Bertz CT molecular complexity index is 789. The summed E-state index contributed by atoms with van der Waals surface area (Å²) in [5.74, 6) is -0.611. The van der Waals surface area contributed by atoms with Crippen LogP contribution in [0, 0.1) is 25.2 Å². The van der Waals surface area contributed by atoms with E-state index in [0.717, 1.165) is 6.54 Å². The molecule has 2 N–H and O–H groups in total. The van der Waals surface area contributed by atoms with Gasteiger partial charge in [0.25, 0.3) is 5.91 Å². The number of piperidine rings is 1. The van der Waals surface area contributed by atoms with Crippen molar-refractivity contribution in [1.29, 1.82) is 0 Å². The lowest BCUT2D eigenvalue weighted by Gasteiger charge is -2.33. The zero-order valence-electron chi connectivity index (χ0n) is 19.3. The third-order valence-electron chi connectivity index (χ3n) is 5.68. The second-order valence-corrected chi connectivity index (χ2v) is 9.30. The minimum absolute atomic E-state index is 0.00379. The minimum Gasteiger partial charge on any atom is -0.465 e. The van der Waals surface area contributed by atoms with Crippen molar-refractivity contribution in [1.82, 2.24) is 20.1 Å². The Morgan fingerprint density at radius 1 is 1.20 bits per heavy atom. The van der Waals surface area contributed by atoms with Crippen LogP contribution < -0.4 is 5.32 Å². The summed E-state index contributed by atoms with van der Waals surface area (Å²) in [5.41, 5.74) is 2.05. The topological polar surface area (TPSA) is 94.7 Å². The second-order valence-electron chi connectivity index (χ2n) is 9.30. The molecule has 0 bridgehead atoms. The third kappa shape index (κ3) is 5.62. The van der Waals surface area contributed by atoms with Crippen molar-refractivity contribution >= 4 is 17.8 Å². The summed E-state index contributed by atoms with van der Waals surface area (Å²) in [6, 6.07) is 0. The monoisotopic (exact) mass is 420 g/mol. The number of aryl methyl sites for hydroxylation is 1. The molecule has 0 saturated carbocycles. The molecule has 0 atom stereocenters. The van der Waals surface area contributed by atoms with E-state index in [1.54, 1.807) is 18.7 Å². The zero-order chi connectivity index (χ0) is 22.6. The van der Waals surface area contributed by atoms with Gasteiger partial charge in [-0.15, -0.1) is 0 Å². The number of nitrogens with one attached hydrogen (secondary N) is 2. The standard InChI is InChI=1S/C22H36N4O4/c1-14-17(21(29)30-7)15(2)24-18(14)20(28)26-10-8-16(9-11-26)19(27)23-12-22(3,4)13-25(5)6/h16,24H,8-13H2,1-7H3,(H,23,27). The molecule has 168 valence electrons. The Morgan fingerprint density at radius 2 is 1.80 bits per heavy atom. The molecule has 0 aliphatic carbocycles. The van der Waals surface area contributed by atoms with Gasteiger partial charge < -0.3 is 24.8 Å². The van der Waals surface area contributed by atoms with E-state index >= 15 is 0 Å². The van der Waals surface area contributed by atoms with Crippen LogP contribution in [0.1, 0.15) is 58.8 Å². The lowest BCUT2D eigenvalue weighted by molar-refractivity contribution is -0.126. The third-order valence-corrected chi connectivity index (χ3v) is 5.68. The van der Waals surface area contributed by atoms with Crippen LogP contribution in [0.15, 0.2) is 0 Å². The number of hydrogen-bond acceptors (Lipinski definition) is 5. The summed E-state index contributed by atoms with van der Waals surface area (Å²) in [4.78, 5) is 44.4. The fourth-order valence-corrected chi connectivity index (χ4v) is 4.26. The number of aromatic nitrogens is 1. The highest BCUT2D eigenvalue weighted by Crippen LogP contribution is 2.24. The first-order valence-electron chi connectivity index (χ1n) is 10.5. The number of amides is 2. The van der Waals surface area contributed by atoms with E-state index < -0.39 is 5.97 Å². The van der Waals surface area contributed by atoms with E-state index in [0.29, 0.717) is 55.0 Å². The van der Waals surface area contributed by atoms with Gasteiger partial charge in [0.05, 0.1) is 12.7 Å². The van der Waals surface area contributed by atoms with Gasteiger partial charge >= 0.3 is 5.97 Å². The molecule has 0 spiro atoms. The first kappa shape index (κ1) is 23.9. The predicted molar refractivity (Wildman–Crippen MR) is 116 cm³/mol. The van der Waals surface area contributed by atoms with Crippen molar-refractivity contribution in [2.75, 3.05) is 47.4 Å². The van der Waals surface area contributed by atoms with Gasteiger partial charge in [-0.2, -0.15) is 0 Å². The smallest absolute Gasteiger partial charge is 0.339 e. The number of carbonyl (C=O) groups is 3. The number of esters is 1. The fraction of sp³-hybridized carbons (Fsp3) is 0.682. The highest BCUT2D eigenvalue weighted by Gasteiger charge is 2.31. The van der Waals surface area contributed by atoms with Gasteiger partial charge in [0, 0.05) is 37.8 Å². The molecule has 2 amide bonds. The molecule has 1 aliphatic rings. The summed E-state index contributed by atoms with van der Waals surface area (Å²) in [7, 11) is 5.38. The Labute approximate surface area is 179 Å². The number of carbonyl (C=O) groups excluding carboxylic acids is 3. The van der Waals surface area contributed by atoms with Gasteiger partial charge in [-0.05, 0) is 51.8 Å². The van der Waals surface area contributed by atoms with E-state index in [4.69, 9.17) is 4.74 Å². The highest BCUT2D eigenvalue weighted by molar-refractivity contribution is 6.00. The van der Waals surface area contributed by atoms with E-state index in [1.807, 2.05) is 14.1 Å². The number of rotatable bonds is 7. The lowest BCUT2D eigenvalue weighted by Crippen LogP contribution is -2.46. The first-order chi connectivity index (χ1) is 14.0. The largest absolute Gasteiger partial charge is 0.465 e. The molecule has 8 nitrogen and oxygen atoms in total. The molecule has 1 aliphatic heterocycles. The molecule has 1 aromatic heterocycles. The molecule has 1 saturated heterocycles. The first-order valence-corrected chi connectivity index (χ1v) is 10.5. The predicted octanol–water partition coefficient (Wildman–Crippen LogP) is 1.97. The molecule has 1 fully saturated rings. The van der Waals surface area contributed by atoms with E-state index in [2.05, 4.69) is 29.0 Å². The maximum atomic E-state index is 13.0. The maximum absolute atomic E-state index is 13.0. The van der Waals surface area contributed by atoms with E-state index in [1.165, 1.54) is 7.11 Å². The second kappa shape index (κ2) is 9.64. The fourth-order valence-electron chi connectivity index (χ4n) is 4.26. The van der Waals surface area contributed by atoms with Crippen molar-refractivity contribution in [3.8, 4) is 0 Å². The van der Waals surface area contributed by atoms with Crippen LogP contribution in [0.5, 0.6) is 0 Å². The number of methoxy groups -OCH3 is 1. The normalized spacial score (nSPS) is 15.4. The maximum Gasteiger partial charge on any atom is 0.339 e. The van der Waals surface area contributed by atoms with Crippen molar-refractivity contribution < 1.29 is 19.1 Å². The van der Waals surface area contributed by atoms with Crippen LogP contribution in [-0.4, -0.2) is 80.0 Å². The molecular formula is C22H36N4O4. The number of nitrogens with zero attached hydrogens (tertiary/aromatic N) is 2. The van der Waals surface area contributed by atoms with Crippen LogP contribution >= 0.6 is 0 Å². The average Bonchev–Trinajstić information content (AvgIpc) is 2.98. The molecule has 1 aromatic rings. The molecule has 2 heterocycles. The minimum atomic E-state index is -0.451. The number of H-pyrrole nitrogens is 1. The number of aromatic amines is 1. The molecule has 30 heavy (non-hydrogen) atoms.